The Bertz CT molecular complexity index is 256. The van der Waals surface area contributed by atoms with E-state index in [1.807, 2.05) is 12.1 Å². The number of hydrogen-bond acceptors (Lipinski definition) is 3. The van der Waals surface area contributed by atoms with E-state index in [9.17, 15) is 0 Å². The van der Waals surface area contributed by atoms with Gasteiger partial charge >= 0.3 is 0 Å². The summed E-state index contributed by atoms with van der Waals surface area (Å²) in [5.41, 5.74) is 0. The highest BCUT2D eigenvalue weighted by Crippen LogP contribution is 2.30. The number of aromatic nitrogens is 2. The van der Waals surface area contributed by atoms with Crippen LogP contribution in [0.5, 0.6) is 0 Å². The first-order valence-corrected chi connectivity index (χ1v) is 4.90. The minimum Gasteiger partial charge on any atom is -0.366 e. The molecule has 1 aliphatic carbocycles. The number of nitrogens with one attached hydrogen (secondary N) is 1. The largest absolute Gasteiger partial charge is 0.366 e. The van der Waals surface area contributed by atoms with Gasteiger partial charge in [0.15, 0.2) is 0 Å². The van der Waals surface area contributed by atoms with E-state index in [1.165, 1.54) is 19.3 Å². The highest BCUT2D eigenvalue weighted by atomic mass is 15.2. The highest BCUT2D eigenvalue weighted by Gasteiger charge is 2.23. The van der Waals surface area contributed by atoms with Gasteiger partial charge in [-0.2, -0.15) is 5.10 Å². The fraction of sp³-hybridized carbons (Fsp3) is 0.600. The third-order valence-electron chi connectivity index (χ3n) is 2.80. The number of nitrogens with zero attached hydrogens (tertiary/aromatic N) is 2. The summed E-state index contributed by atoms with van der Waals surface area (Å²) >= 11 is 0. The van der Waals surface area contributed by atoms with Crippen molar-refractivity contribution in [1.82, 2.24) is 10.2 Å². The lowest BCUT2D eigenvalue weighted by Crippen LogP contribution is -2.31. The molecule has 0 aromatic carbocycles. The lowest BCUT2D eigenvalue weighted by molar-refractivity contribution is 0.285. The summed E-state index contributed by atoms with van der Waals surface area (Å²) < 4.78 is 0. The second-order valence-corrected chi connectivity index (χ2v) is 3.73. The minimum atomic E-state index is 0.533. The van der Waals surface area contributed by atoms with Crippen LogP contribution in [0.2, 0.25) is 0 Å². The SMILES string of the molecule is CC(Nc1cccnn1)C1CCC1. The molecule has 0 spiro atoms. The summed E-state index contributed by atoms with van der Waals surface area (Å²) in [6, 6.07) is 4.40. The Morgan fingerprint density at radius 3 is 2.92 bits per heavy atom. The molecule has 0 saturated heterocycles. The van der Waals surface area contributed by atoms with Crippen molar-refractivity contribution in [2.75, 3.05) is 5.32 Å². The standard InChI is InChI=1S/C10H15N3/c1-8(9-4-2-5-9)12-10-6-3-7-11-13-10/h3,6-9H,2,4-5H2,1H3,(H,12,13). The van der Waals surface area contributed by atoms with Crippen molar-refractivity contribution in [3.05, 3.63) is 18.3 Å². The maximum absolute atomic E-state index is 4.00. The Balaban J connectivity index is 1.90. The first-order valence-electron chi connectivity index (χ1n) is 4.90. The molecule has 0 bridgehead atoms. The van der Waals surface area contributed by atoms with Crippen LogP contribution in [0.15, 0.2) is 18.3 Å². The molecule has 3 nitrogen and oxygen atoms in total. The number of anilines is 1. The van der Waals surface area contributed by atoms with Crippen molar-refractivity contribution in [3.8, 4) is 0 Å². The number of rotatable bonds is 3. The lowest BCUT2D eigenvalue weighted by Gasteiger charge is -2.31. The summed E-state index contributed by atoms with van der Waals surface area (Å²) in [4.78, 5) is 0. The summed E-state index contributed by atoms with van der Waals surface area (Å²) in [6.45, 7) is 2.22. The summed E-state index contributed by atoms with van der Waals surface area (Å²) in [6.07, 6.45) is 5.79. The van der Waals surface area contributed by atoms with Gasteiger partial charge in [0.1, 0.15) is 5.82 Å². The molecule has 1 N–H and O–H groups in total. The molecule has 0 aliphatic heterocycles. The Morgan fingerprint density at radius 1 is 1.54 bits per heavy atom. The molecule has 3 heteroatoms. The van der Waals surface area contributed by atoms with Crippen molar-refractivity contribution in [2.24, 2.45) is 5.92 Å². The van der Waals surface area contributed by atoms with Crippen molar-refractivity contribution in [2.45, 2.75) is 32.2 Å². The monoisotopic (exact) mass is 177 g/mol. The van der Waals surface area contributed by atoms with Crippen LogP contribution in [0.3, 0.4) is 0 Å². The second-order valence-electron chi connectivity index (χ2n) is 3.73. The molecular weight excluding hydrogens is 162 g/mol. The van der Waals surface area contributed by atoms with Crippen molar-refractivity contribution >= 4 is 5.82 Å². The van der Waals surface area contributed by atoms with E-state index >= 15 is 0 Å². The van der Waals surface area contributed by atoms with Crippen LogP contribution >= 0.6 is 0 Å². The van der Waals surface area contributed by atoms with E-state index < -0.39 is 0 Å². The maximum Gasteiger partial charge on any atom is 0.148 e. The second kappa shape index (κ2) is 3.73. The van der Waals surface area contributed by atoms with Crippen LogP contribution in [-0.2, 0) is 0 Å². The van der Waals surface area contributed by atoms with Gasteiger partial charge in [-0.3, -0.25) is 0 Å². The van der Waals surface area contributed by atoms with Crippen LogP contribution < -0.4 is 5.32 Å². The molecule has 1 aromatic rings. The van der Waals surface area contributed by atoms with Gasteiger partial charge in [-0.15, -0.1) is 5.10 Å². The average Bonchev–Trinajstić information content (AvgIpc) is 2.02. The maximum atomic E-state index is 4.00. The molecule has 1 heterocycles. The van der Waals surface area contributed by atoms with Crippen molar-refractivity contribution in [3.63, 3.8) is 0 Å². The van der Waals surface area contributed by atoms with E-state index in [4.69, 9.17) is 0 Å². The molecule has 1 atom stereocenters. The number of hydrogen-bond donors (Lipinski definition) is 1. The molecule has 1 aromatic heterocycles. The summed E-state index contributed by atoms with van der Waals surface area (Å²) in [5, 5.41) is 11.2. The zero-order valence-corrected chi connectivity index (χ0v) is 7.90. The van der Waals surface area contributed by atoms with Gasteiger partial charge in [0.05, 0.1) is 0 Å². The molecule has 2 rings (SSSR count). The fourth-order valence-electron chi connectivity index (χ4n) is 1.67. The van der Waals surface area contributed by atoms with Gasteiger partial charge in [0.2, 0.25) is 0 Å². The molecule has 70 valence electrons. The third kappa shape index (κ3) is 1.97. The van der Waals surface area contributed by atoms with Crippen LogP contribution in [0.1, 0.15) is 26.2 Å². The van der Waals surface area contributed by atoms with Crippen LogP contribution in [0.4, 0.5) is 5.82 Å². The predicted octanol–water partition coefficient (Wildman–Crippen LogP) is 2.08. The van der Waals surface area contributed by atoms with Gasteiger partial charge in [-0.05, 0) is 37.8 Å². The topological polar surface area (TPSA) is 37.8 Å². The summed E-state index contributed by atoms with van der Waals surface area (Å²) in [7, 11) is 0. The molecular formula is C10H15N3. The zero-order valence-electron chi connectivity index (χ0n) is 7.90. The predicted molar refractivity (Wildman–Crippen MR) is 52.5 cm³/mol. The van der Waals surface area contributed by atoms with Gasteiger partial charge in [0.25, 0.3) is 0 Å². The Hall–Kier alpha value is -1.12. The van der Waals surface area contributed by atoms with Gasteiger partial charge in [0, 0.05) is 12.2 Å². The van der Waals surface area contributed by atoms with E-state index in [2.05, 4.69) is 22.4 Å². The first-order chi connectivity index (χ1) is 6.36. The molecule has 0 radical (unpaired) electrons. The fourth-order valence-corrected chi connectivity index (χ4v) is 1.67. The van der Waals surface area contributed by atoms with E-state index in [0.29, 0.717) is 6.04 Å². The Morgan fingerprint density at radius 2 is 2.38 bits per heavy atom. The molecule has 1 aliphatic rings. The molecule has 1 fully saturated rings. The quantitative estimate of drug-likeness (QED) is 0.768. The third-order valence-corrected chi connectivity index (χ3v) is 2.80. The minimum absolute atomic E-state index is 0.533. The van der Waals surface area contributed by atoms with E-state index in [0.717, 1.165) is 11.7 Å². The van der Waals surface area contributed by atoms with E-state index in [1.54, 1.807) is 6.20 Å². The van der Waals surface area contributed by atoms with Crippen LogP contribution in [-0.4, -0.2) is 16.2 Å². The van der Waals surface area contributed by atoms with Gasteiger partial charge < -0.3 is 5.32 Å². The highest BCUT2D eigenvalue weighted by molar-refractivity contribution is 5.32. The molecule has 0 amide bonds. The zero-order chi connectivity index (χ0) is 9.10. The molecule has 1 saturated carbocycles. The van der Waals surface area contributed by atoms with E-state index in [-0.39, 0.29) is 0 Å². The first kappa shape index (κ1) is 8.48. The Labute approximate surface area is 78.6 Å². The van der Waals surface area contributed by atoms with Gasteiger partial charge in [-0.25, -0.2) is 0 Å². The molecule has 1 unspecified atom stereocenters. The van der Waals surface area contributed by atoms with Crippen LogP contribution in [0, 0.1) is 5.92 Å². The smallest absolute Gasteiger partial charge is 0.148 e. The Kier molecular flexibility index (Phi) is 2.43. The van der Waals surface area contributed by atoms with Gasteiger partial charge in [-0.1, -0.05) is 6.42 Å². The summed E-state index contributed by atoms with van der Waals surface area (Å²) in [5.74, 6) is 1.73. The lowest BCUT2D eigenvalue weighted by atomic mass is 9.80. The normalized spacial score (nSPS) is 19.2. The van der Waals surface area contributed by atoms with Crippen LogP contribution in [0.25, 0.3) is 0 Å². The molecule has 13 heavy (non-hydrogen) atoms. The van der Waals surface area contributed by atoms with Crippen molar-refractivity contribution in [1.29, 1.82) is 0 Å². The van der Waals surface area contributed by atoms with Crippen molar-refractivity contribution < 1.29 is 0 Å². The average molecular weight is 177 g/mol.